The van der Waals surface area contributed by atoms with Crippen LogP contribution in [0.25, 0.3) is 5.57 Å². The molecule has 0 radical (unpaired) electrons. The number of rotatable bonds is 6. The van der Waals surface area contributed by atoms with Crippen molar-refractivity contribution in [1.82, 2.24) is 9.80 Å². The SMILES string of the molecule is O=C1C(c2ccccc2)=CC(=O)C2(c3ccccc3)C1CC1C(=CCC3C(=O)N(C4CCN(Cc5ccccc5)CC4)C(=O)C31)C2c1cc(Br)ccc1O. The summed E-state index contributed by atoms with van der Waals surface area (Å²) in [6.45, 7) is 2.41. The number of ketones is 2. The van der Waals surface area contributed by atoms with Gasteiger partial charge in [-0.3, -0.25) is 29.0 Å². The first-order valence-corrected chi connectivity index (χ1v) is 19.8. The number of hydrogen-bond acceptors (Lipinski definition) is 6. The number of carbonyl (C=O) groups is 4. The lowest BCUT2D eigenvalue weighted by Crippen LogP contribution is -2.59. The summed E-state index contributed by atoms with van der Waals surface area (Å²) >= 11 is 3.61. The fourth-order valence-electron chi connectivity index (χ4n) is 10.5. The minimum atomic E-state index is -1.39. The van der Waals surface area contributed by atoms with Gasteiger partial charge in [0.1, 0.15) is 5.75 Å². The Morgan fingerprint density at radius 2 is 1.44 bits per heavy atom. The number of halogens is 1. The molecule has 5 aliphatic rings. The number of allylic oxidation sites excluding steroid dienone is 4. The number of phenols is 1. The number of benzene rings is 4. The summed E-state index contributed by atoms with van der Waals surface area (Å²) in [7, 11) is 0. The van der Waals surface area contributed by atoms with Crippen molar-refractivity contribution in [1.29, 1.82) is 0 Å². The molecule has 3 aliphatic carbocycles. The van der Waals surface area contributed by atoms with E-state index in [2.05, 4.69) is 39.0 Å². The maximum absolute atomic E-state index is 15.2. The topological polar surface area (TPSA) is 95.0 Å². The quantitative estimate of drug-likeness (QED) is 0.160. The molecule has 4 aromatic carbocycles. The number of aromatic hydroxyl groups is 1. The third kappa shape index (κ3) is 5.48. The Morgan fingerprint density at radius 1 is 0.778 bits per heavy atom. The first-order valence-electron chi connectivity index (χ1n) is 19.0. The van der Waals surface area contributed by atoms with E-state index in [1.165, 1.54) is 11.6 Å². The molecule has 1 N–H and O–H groups in total. The Balaban J connectivity index is 1.13. The Morgan fingerprint density at radius 3 is 2.15 bits per heavy atom. The van der Waals surface area contributed by atoms with Crippen molar-refractivity contribution in [2.45, 2.75) is 49.6 Å². The normalized spacial score (nSPS) is 28.6. The molecule has 2 heterocycles. The smallest absolute Gasteiger partial charge is 0.233 e. The average molecular weight is 782 g/mol. The summed E-state index contributed by atoms with van der Waals surface area (Å²) in [6.07, 6.45) is 5.58. The highest BCUT2D eigenvalue weighted by Gasteiger charge is 2.66. The second-order valence-electron chi connectivity index (χ2n) is 15.5. The summed E-state index contributed by atoms with van der Waals surface area (Å²) in [5, 5.41) is 11.6. The van der Waals surface area contributed by atoms with Crippen LogP contribution in [0.2, 0.25) is 0 Å². The summed E-state index contributed by atoms with van der Waals surface area (Å²) in [5.41, 5.74) is 2.94. The van der Waals surface area contributed by atoms with Crippen molar-refractivity contribution in [2.24, 2.45) is 23.7 Å². The molecule has 54 heavy (non-hydrogen) atoms. The Kier molecular flexibility index (Phi) is 8.86. The molecular formula is C46H41BrN2O5. The molecule has 272 valence electrons. The number of hydrogen-bond donors (Lipinski definition) is 1. The average Bonchev–Trinajstić information content (AvgIpc) is 3.46. The van der Waals surface area contributed by atoms with E-state index in [9.17, 15) is 14.7 Å². The lowest BCUT2D eigenvalue weighted by Gasteiger charge is -2.55. The molecule has 0 bridgehead atoms. The van der Waals surface area contributed by atoms with Gasteiger partial charge in [-0.2, -0.15) is 0 Å². The van der Waals surface area contributed by atoms with Gasteiger partial charge in [-0.25, -0.2) is 0 Å². The summed E-state index contributed by atoms with van der Waals surface area (Å²) in [4.78, 5) is 63.4. The molecule has 8 heteroatoms. The number of phenolic OH excluding ortho intramolecular Hbond substituents is 1. The largest absolute Gasteiger partial charge is 0.508 e. The molecule has 4 aromatic rings. The van der Waals surface area contributed by atoms with Crippen molar-refractivity contribution in [3.8, 4) is 5.75 Å². The van der Waals surface area contributed by atoms with Gasteiger partial charge in [0, 0.05) is 53.1 Å². The van der Waals surface area contributed by atoms with Crippen LogP contribution in [0.4, 0.5) is 0 Å². The molecule has 1 saturated carbocycles. The van der Waals surface area contributed by atoms with E-state index >= 15 is 9.59 Å². The van der Waals surface area contributed by atoms with Crippen LogP contribution in [0.1, 0.15) is 53.9 Å². The Bertz CT molecular complexity index is 2210. The maximum atomic E-state index is 15.2. The highest BCUT2D eigenvalue weighted by molar-refractivity contribution is 9.10. The summed E-state index contributed by atoms with van der Waals surface area (Å²) < 4.78 is 0.721. The molecule has 6 unspecified atom stereocenters. The van der Waals surface area contributed by atoms with Crippen molar-refractivity contribution in [3.63, 3.8) is 0 Å². The van der Waals surface area contributed by atoms with Gasteiger partial charge in [-0.05, 0) is 72.6 Å². The number of nitrogens with zero attached hydrogens (tertiary/aromatic N) is 2. The Hall–Kier alpha value is -4.92. The molecule has 2 amide bonds. The number of fused-ring (bicyclic) bond motifs is 4. The number of piperidine rings is 1. The lowest BCUT2D eigenvalue weighted by atomic mass is 9.44. The standard InChI is InChI=1S/C46H41BrN2O5/c47-31-16-19-39(50)37(24-31)42-33-17-18-34-41(45(54)49(44(34)53)32-20-22-48(23-21-32)27-28-10-4-1-5-11-28)36(33)25-38-43(52)35(29-12-6-2-7-13-29)26-40(51)46(38,42)30-14-8-3-9-15-30/h1-17,19,24,26,32,34,36,38,41-42,50H,18,20-23,25,27H2. The third-order valence-corrected chi connectivity index (χ3v) is 13.4. The third-order valence-electron chi connectivity index (χ3n) is 12.9. The van der Waals surface area contributed by atoms with E-state index in [0.29, 0.717) is 41.5 Å². The van der Waals surface area contributed by atoms with Crippen molar-refractivity contribution in [3.05, 3.63) is 154 Å². The van der Waals surface area contributed by atoms with Crippen LogP contribution in [-0.2, 0) is 31.1 Å². The lowest BCUT2D eigenvalue weighted by molar-refractivity contribution is -0.144. The predicted octanol–water partition coefficient (Wildman–Crippen LogP) is 7.64. The summed E-state index contributed by atoms with van der Waals surface area (Å²) in [5.74, 6) is -3.92. The van der Waals surface area contributed by atoms with Crippen LogP contribution in [0.15, 0.2) is 131 Å². The molecule has 2 aliphatic heterocycles. The van der Waals surface area contributed by atoms with Crippen LogP contribution >= 0.6 is 15.9 Å². The molecule has 3 fully saturated rings. The second-order valence-corrected chi connectivity index (χ2v) is 16.4. The van der Waals surface area contributed by atoms with E-state index in [4.69, 9.17) is 0 Å². The minimum absolute atomic E-state index is 0.0109. The van der Waals surface area contributed by atoms with Gasteiger partial charge in [0.15, 0.2) is 11.6 Å². The summed E-state index contributed by atoms with van der Waals surface area (Å²) in [6, 6.07) is 34.1. The van der Waals surface area contributed by atoms with Gasteiger partial charge in [0.2, 0.25) is 11.8 Å². The van der Waals surface area contributed by atoms with E-state index in [-0.39, 0.29) is 41.6 Å². The number of carbonyl (C=O) groups excluding carboxylic acids is 4. The highest BCUT2D eigenvalue weighted by atomic mass is 79.9. The fraction of sp³-hybridized carbons (Fsp3) is 0.304. The molecule has 7 nitrogen and oxygen atoms in total. The van der Waals surface area contributed by atoms with Gasteiger partial charge in [-0.15, -0.1) is 0 Å². The van der Waals surface area contributed by atoms with Crippen LogP contribution < -0.4 is 0 Å². The van der Waals surface area contributed by atoms with E-state index in [1.807, 2.05) is 84.9 Å². The van der Waals surface area contributed by atoms with Crippen LogP contribution in [0.5, 0.6) is 5.75 Å². The van der Waals surface area contributed by atoms with Crippen LogP contribution in [-0.4, -0.2) is 57.4 Å². The van der Waals surface area contributed by atoms with E-state index < -0.39 is 35.0 Å². The van der Waals surface area contributed by atoms with Crippen molar-refractivity contribution in [2.75, 3.05) is 13.1 Å². The minimum Gasteiger partial charge on any atom is -0.508 e. The highest BCUT2D eigenvalue weighted by Crippen LogP contribution is 2.64. The number of likely N-dealkylation sites (tertiary alicyclic amines) is 2. The van der Waals surface area contributed by atoms with Gasteiger partial charge in [0.05, 0.1) is 17.3 Å². The van der Waals surface area contributed by atoms with Crippen LogP contribution in [0, 0.1) is 23.7 Å². The number of Topliss-reactive ketones (excluding diaryl/α,β-unsaturated/α-hetero) is 1. The molecule has 6 atom stereocenters. The van der Waals surface area contributed by atoms with E-state index in [0.717, 1.165) is 29.7 Å². The van der Waals surface area contributed by atoms with Crippen LogP contribution in [0.3, 0.4) is 0 Å². The van der Waals surface area contributed by atoms with Gasteiger partial charge >= 0.3 is 0 Å². The molecular weight excluding hydrogens is 740 g/mol. The van der Waals surface area contributed by atoms with Gasteiger partial charge < -0.3 is 5.11 Å². The van der Waals surface area contributed by atoms with E-state index in [1.54, 1.807) is 17.0 Å². The Labute approximate surface area is 323 Å². The van der Waals surface area contributed by atoms with Gasteiger partial charge in [-0.1, -0.05) is 119 Å². The zero-order valence-corrected chi connectivity index (χ0v) is 31.4. The van der Waals surface area contributed by atoms with Gasteiger partial charge in [0.25, 0.3) is 0 Å². The number of imide groups is 1. The zero-order chi connectivity index (χ0) is 37.1. The molecule has 0 spiro atoms. The maximum Gasteiger partial charge on any atom is 0.233 e. The zero-order valence-electron chi connectivity index (χ0n) is 29.8. The monoisotopic (exact) mass is 780 g/mol. The number of amides is 2. The predicted molar refractivity (Wildman–Crippen MR) is 209 cm³/mol. The molecule has 9 rings (SSSR count). The van der Waals surface area contributed by atoms with Crippen molar-refractivity contribution >= 4 is 44.9 Å². The first kappa shape index (κ1) is 34.8. The van der Waals surface area contributed by atoms with Crippen molar-refractivity contribution < 1.29 is 24.3 Å². The second kappa shape index (κ2) is 13.7. The molecule has 2 saturated heterocycles. The first-order chi connectivity index (χ1) is 26.3. The fourth-order valence-corrected chi connectivity index (χ4v) is 10.9. The molecule has 0 aromatic heterocycles.